The smallest absolute Gasteiger partial charge is 0.337 e. The quantitative estimate of drug-likeness (QED) is 0.0936. The molecule has 1 fully saturated rings. The van der Waals surface area contributed by atoms with E-state index >= 15 is 0 Å². The van der Waals surface area contributed by atoms with Gasteiger partial charge in [0.25, 0.3) is 5.69 Å². The van der Waals surface area contributed by atoms with Gasteiger partial charge in [-0.1, -0.05) is 6.07 Å². The molecular formula is C29H36N6O8. The molecule has 2 aromatic carbocycles. The lowest BCUT2D eigenvalue weighted by molar-refractivity contribution is -0.384. The van der Waals surface area contributed by atoms with Gasteiger partial charge in [0.05, 0.1) is 36.5 Å². The van der Waals surface area contributed by atoms with Crippen molar-refractivity contribution in [2.75, 3.05) is 38.3 Å². The number of nitrogens with zero attached hydrogens (tertiary/aromatic N) is 3. The van der Waals surface area contributed by atoms with E-state index in [1.807, 2.05) is 0 Å². The number of nitro benzene ring substituents is 1. The minimum atomic E-state index is -1.22. The first-order valence-electron chi connectivity index (χ1n) is 14.0. The fourth-order valence-corrected chi connectivity index (χ4v) is 5.00. The van der Waals surface area contributed by atoms with Crippen LogP contribution in [-0.4, -0.2) is 67.9 Å². The van der Waals surface area contributed by atoms with Gasteiger partial charge in [0.1, 0.15) is 6.61 Å². The third-order valence-electron chi connectivity index (χ3n) is 7.02. The number of anilines is 1. The number of carbonyl (C=O) groups excluding carboxylic acids is 2. The lowest BCUT2D eigenvalue weighted by Gasteiger charge is -2.29. The molecule has 1 saturated heterocycles. The molecule has 0 bridgehead atoms. The molecular weight excluding hydrogens is 560 g/mol. The SMILES string of the molecule is CCOc1cc([C@H]2NC(=O)NC(C)=C2C(=O)OC)ccc1OC[C@@H](O)N/N=C\c1cc([N+](=O)[O-])ccc1N1CCCCC1. The number of urea groups is 1. The first kappa shape index (κ1) is 31.1. The second-order valence-electron chi connectivity index (χ2n) is 9.96. The minimum Gasteiger partial charge on any atom is -0.490 e. The van der Waals surface area contributed by atoms with E-state index in [2.05, 4.69) is 26.1 Å². The number of non-ortho nitro benzene ring substituents is 1. The number of methoxy groups -OCH3 is 1. The van der Waals surface area contributed by atoms with Gasteiger partial charge in [-0.2, -0.15) is 5.10 Å². The van der Waals surface area contributed by atoms with Crippen LogP contribution in [0.15, 0.2) is 52.8 Å². The van der Waals surface area contributed by atoms with Crippen LogP contribution in [0.3, 0.4) is 0 Å². The Balaban J connectivity index is 1.45. The Morgan fingerprint density at radius 1 is 1.21 bits per heavy atom. The molecule has 0 radical (unpaired) electrons. The van der Waals surface area contributed by atoms with Gasteiger partial charge in [-0.05, 0) is 56.9 Å². The Kier molecular flexibility index (Phi) is 10.4. The predicted octanol–water partition coefficient (Wildman–Crippen LogP) is 3.11. The van der Waals surface area contributed by atoms with E-state index < -0.39 is 29.2 Å². The summed E-state index contributed by atoms with van der Waals surface area (Å²) in [6, 6.07) is 8.36. The first-order chi connectivity index (χ1) is 20.7. The molecule has 0 spiro atoms. The molecule has 2 amide bonds. The van der Waals surface area contributed by atoms with Gasteiger partial charge in [0.15, 0.2) is 17.7 Å². The number of rotatable bonds is 12. The molecule has 2 heterocycles. The van der Waals surface area contributed by atoms with Crippen LogP contribution in [0.25, 0.3) is 0 Å². The molecule has 230 valence electrons. The maximum absolute atomic E-state index is 12.4. The van der Waals surface area contributed by atoms with Crippen molar-refractivity contribution in [3.63, 3.8) is 0 Å². The number of ether oxygens (including phenoxy) is 3. The first-order valence-corrected chi connectivity index (χ1v) is 14.0. The molecule has 0 unspecified atom stereocenters. The number of nitrogens with one attached hydrogen (secondary N) is 3. The van der Waals surface area contributed by atoms with Crippen molar-refractivity contribution in [2.45, 2.75) is 45.4 Å². The maximum atomic E-state index is 12.4. The van der Waals surface area contributed by atoms with E-state index in [0.717, 1.165) is 38.0 Å². The van der Waals surface area contributed by atoms with Crippen LogP contribution in [0.1, 0.15) is 50.3 Å². The van der Waals surface area contributed by atoms with Gasteiger partial charge in [0.2, 0.25) is 0 Å². The molecule has 43 heavy (non-hydrogen) atoms. The zero-order valence-electron chi connectivity index (χ0n) is 24.3. The zero-order chi connectivity index (χ0) is 30.9. The number of esters is 1. The summed E-state index contributed by atoms with van der Waals surface area (Å²) in [4.78, 5) is 37.6. The normalized spacial score (nSPS) is 17.6. The monoisotopic (exact) mass is 596 g/mol. The highest BCUT2D eigenvalue weighted by atomic mass is 16.6. The molecule has 2 aromatic rings. The number of amides is 2. The Morgan fingerprint density at radius 2 is 1.98 bits per heavy atom. The molecule has 4 rings (SSSR count). The Hall–Kier alpha value is -4.85. The third-order valence-corrected chi connectivity index (χ3v) is 7.02. The lowest BCUT2D eigenvalue weighted by atomic mass is 9.95. The molecule has 2 aliphatic heterocycles. The lowest BCUT2D eigenvalue weighted by Crippen LogP contribution is -2.45. The average Bonchev–Trinajstić information content (AvgIpc) is 3.00. The zero-order valence-corrected chi connectivity index (χ0v) is 24.3. The van der Waals surface area contributed by atoms with Crippen LogP contribution >= 0.6 is 0 Å². The summed E-state index contributed by atoms with van der Waals surface area (Å²) >= 11 is 0. The molecule has 4 N–H and O–H groups in total. The Labute approximate surface area is 248 Å². The number of aliphatic hydroxyl groups is 1. The topological polar surface area (TPSA) is 177 Å². The van der Waals surface area contributed by atoms with Gasteiger partial charge in [0, 0.05) is 42.2 Å². The standard InChI is InChI=1S/C29H36N6O8/c1-4-42-24-15-19(27-26(28(37)41-3)18(2)31-29(38)32-27)8-11-23(24)43-17-25(36)33-30-16-20-14-21(35(39)40)9-10-22(20)34-12-6-5-7-13-34/h8-11,14-16,25,27,33,36H,4-7,12-13,17H2,1-3H3,(H2,31,32,38)/b30-16-/t25-,27-/m1/s1. The molecule has 0 aromatic heterocycles. The number of nitro groups is 1. The number of hydrazone groups is 1. The van der Waals surface area contributed by atoms with Gasteiger partial charge in [-0.3, -0.25) is 15.5 Å². The highest BCUT2D eigenvalue weighted by molar-refractivity contribution is 5.95. The van der Waals surface area contributed by atoms with Crippen LogP contribution in [0.2, 0.25) is 0 Å². The van der Waals surface area contributed by atoms with Gasteiger partial charge in [-0.15, -0.1) is 0 Å². The van der Waals surface area contributed by atoms with Crippen LogP contribution in [0, 0.1) is 10.1 Å². The van der Waals surface area contributed by atoms with Crippen molar-refractivity contribution in [1.82, 2.24) is 16.1 Å². The fourth-order valence-electron chi connectivity index (χ4n) is 5.00. The van der Waals surface area contributed by atoms with Crippen LogP contribution in [-0.2, 0) is 9.53 Å². The van der Waals surface area contributed by atoms with Crippen LogP contribution < -0.4 is 30.4 Å². The number of hydrogen-bond donors (Lipinski definition) is 4. The van der Waals surface area contributed by atoms with Gasteiger partial charge in [-0.25, -0.2) is 9.59 Å². The fraction of sp³-hybridized carbons (Fsp3) is 0.414. The highest BCUT2D eigenvalue weighted by Gasteiger charge is 2.32. The summed E-state index contributed by atoms with van der Waals surface area (Å²) < 4.78 is 16.4. The number of aliphatic hydroxyl groups excluding tert-OH is 1. The average molecular weight is 597 g/mol. The van der Waals surface area contributed by atoms with E-state index in [9.17, 15) is 24.8 Å². The molecule has 2 aliphatic rings. The van der Waals surface area contributed by atoms with E-state index in [1.54, 1.807) is 38.1 Å². The number of piperidine rings is 1. The summed E-state index contributed by atoms with van der Waals surface area (Å²) in [5, 5.41) is 31.2. The number of carbonyl (C=O) groups is 2. The van der Waals surface area contributed by atoms with E-state index in [4.69, 9.17) is 14.2 Å². The molecule has 14 heteroatoms. The minimum absolute atomic E-state index is 0.0496. The molecule has 0 saturated carbocycles. The second-order valence-corrected chi connectivity index (χ2v) is 9.96. The summed E-state index contributed by atoms with van der Waals surface area (Å²) in [6.07, 6.45) is 3.46. The maximum Gasteiger partial charge on any atom is 0.337 e. The number of allylic oxidation sites excluding steroid dienone is 1. The van der Waals surface area contributed by atoms with Crippen molar-refractivity contribution in [1.29, 1.82) is 0 Å². The van der Waals surface area contributed by atoms with Gasteiger partial charge < -0.3 is 34.9 Å². The van der Waals surface area contributed by atoms with Crippen molar-refractivity contribution in [3.05, 3.63) is 68.9 Å². The second kappa shape index (κ2) is 14.4. The third kappa shape index (κ3) is 7.71. The largest absolute Gasteiger partial charge is 0.490 e. The van der Waals surface area contributed by atoms with E-state index in [1.165, 1.54) is 25.5 Å². The number of benzene rings is 2. The van der Waals surface area contributed by atoms with Crippen molar-refractivity contribution in [3.8, 4) is 11.5 Å². The Morgan fingerprint density at radius 3 is 2.67 bits per heavy atom. The Bertz CT molecular complexity index is 1410. The van der Waals surface area contributed by atoms with Crippen molar-refractivity contribution < 1.29 is 33.8 Å². The summed E-state index contributed by atoms with van der Waals surface area (Å²) in [7, 11) is 1.26. The van der Waals surface area contributed by atoms with Crippen molar-refractivity contribution in [2.24, 2.45) is 5.10 Å². The summed E-state index contributed by atoms with van der Waals surface area (Å²) in [5.41, 5.74) is 5.14. The van der Waals surface area contributed by atoms with Crippen molar-refractivity contribution >= 4 is 29.6 Å². The summed E-state index contributed by atoms with van der Waals surface area (Å²) in [6.45, 7) is 5.22. The van der Waals surface area contributed by atoms with E-state index in [0.29, 0.717) is 34.9 Å². The van der Waals surface area contributed by atoms with Gasteiger partial charge >= 0.3 is 12.0 Å². The summed E-state index contributed by atoms with van der Waals surface area (Å²) in [5.74, 6) is 0.0754. The van der Waals surface area contributed by atoms with E-state index in [-0.39, 0.29) is 17.9 Å². The van der Waals surface area contributed by atoms with Crippen LogP contribution in [0.5, 0.6) is 11.5 Å². The number of hydrogen-bond acceptors (Lipinski definition) is 11. The molecule has 2 atom stereocenters. The predicted molar refractivity (Wildman–Crippen MR) is 158 cm³/mol. The van der Waals surface area contributed by atoms with Crippen LogP contribution in [0.4, 0.5) is 16.2 Å². The molecule has 14 nitrogen and oxygen atoms in total. The highest BCUT2D eigenvalue weighted by Crippen LogP contribution is 2.35. The molecule has 0 aliphatic carbocycles.